The van der Waals surface area contributed by atoms with Gasteiger partial charge in [0.05, 0.1) is 16.9 Å². The molecule has 37 heavy (non-hydrogen) atoms. The number of piperazine rings is 1. The predicted octanol–water partition coefficient (Wildman–Crippen LogP) is 3.11. The molecule has 0 aliphatic carbocycles. The van der Waals surface area contributed by atoms with Gasteiger partial charge in [-0.05, 0) is 45.8 Å². The van der Waals surface area contributed by atoms with Gasteiger partial charge in [0.2, 0.25) is 11.8 Å². The average molecular weight is 530 g/mol. The summed E-state index contributed by atoms with van der Waals surface area (Å²) in [6.45, 7) is 14.3. The van der Waals surface area contributed by atoms with Crippen molar-refractivity contribution in [3.63, 3.8) is 0 Å². The number of fused-ring (bicyclic) bond motifs is 3. The Morgan fingerprint density at radius 3 is 2.57 bits per heavy atom. The first-order chi connectivity index (χ1) is 17.9. The topological polar surface area (TPSA) is 70.0 Å². The molecule has 2 aliphatic heterocycles. The van der Waals surface area contributed by atoms with Crippen molar-refractivity contribution in [2.45, 2.75) is 50.8 Å². The van der Waals surface area contributed by atoms with Gasteiger partial charge in [-0.15, -0.1) is 0 Å². The number of carbonyl (C=O) groups excluding carboxylic acids is 2. The highest BCUT2D eigenvalue weighted by Gasteiger charge is 2.38. The molecule has 1 aromatic heterocycles. The van der Waals surface area contributed by atoms with Gasteiger partial charge < -0.3 is 29.3 Å². The van der Waals surface area contributed by atoms with Crippen LogP contribution in [0.1, 0.15) is 45.2 Å². The number of carbonyl (C=O) groups is 2. The van der Waals surface area contributed by atoms with E-state index >= 15 is 0 Å². The number of thioether (sulfide) groups is 1. The van der Waals surface area contributed by atoms with Crippen LogP contribution in [-0.2, 0) is 21.4 Å². The van der Waals surface area contributed by atoms with Gasteiger partial charge in [-0.3, -0.25) is 9.59 Å². The van der Waals surface area contributed by atoms with Crippen LogP contribution in [0, 0.1) is 0 Å². The number of rotatable bonds is 11. The summed E-state index contributed by atoms with van der Waals surface area (Å²) in [7, 11) is 2.03. The molecule has 1 N–H and O–H groups in total. The van der Waals surface area contributed by atoms with Crippen LogP contribution < -0.4 is 5.32 Å². The summed E-state index contributed by atoms with van der Waals surface area (Å²) >= 11 is 1.55. The second-order valence-corrected chi connectivity index (χ2v) is 11.2. The van der Waals surface area contributed by atoms with Crippen LogP contribution in [-0.4, -0.2) is 102 Å². The molecule has 0 bridgehead atoms. The van der Waals surface area contributed by atoms with E-state index in [-0.39, 0.29) is 17.9 Å². The second-order valence-electron chi connectivity index (χ2n) is 10.3. The van der Waals surface area contributed by atoms with Crippen LogP contribution in [0.2, 0.25) is 0 Å². The average Bonchev–Trinajstić information content (AvgIpc) is 3.08. The van der Waals surface area contributed by atoms with Crippen molar-refractivity contribution in [2.24, 2.45) is 7.05 Å². The van der Waals surface area contributed by atoms with E-state index in [1.165, 1.54) is 0 Å². The molecule has 1 saturated heterocycles. The Bertz CT molecular complexity index is 1060. The molecule has 1 aromatic carbocycles. The first-order valence-electron chi connectivity index (χ1n) is 13.7. The minimum absolute atomic E-state index is 0.0318. The quantitative estimate of drug-likeness (QED) is 0.451. The van der Waals surface area contributed by atoms with Gasteiger partial charge >= 0.3 is 0 Å². The summed E-state index contributed by atoms with van der Waals surface area (Å²) in [6.07, 6.45) is 1.77. The number of benzene rings is 1. The van der Waals surface area contributed by atoms with Gasteiger partial charge in [0.25, 0.3) is 0 Å². The molecule has 0 radical (unpaired) electrons. The Morgan fingerprint density at radius 1 is 1.11 bits per heavy atom. The molecule has 0 spiro atoms. The number of nitrogens with one attached hydrogen (secondary N) is 1. The van der Waals surface area contributed by atoms with E-state index in [1.807, 2.05) is 37.9 Å². The fourth-order valence-corrected chi connectivity index (χ4v) is 6.47. The van der Waals surface area contributed by atoms with Crippen molar-refractivity contribution >= 4 is 34.5 Å². The molecule has 9 heteroatoms. The Balaban J connectivity index is 1.53. The van der Waals surface area contributed by atoms with Crippen LogP contribution in [0.15, 0.2) is 29.3 Å². The molecule has 2 aliphatic rings. The number of aryl methyl sites for hydroxylation is 1. The number of para-hydroxylation sites is 1. The van der Waals surface area contributed by atoms with E-state index in [4.69, 9.17) is 4.74 Å². The van der Waals surface area contributed by atoms with Gasteiger partial charge in [0, 0.05) is 69.4 Å². The smallest absolute Gasteiger partial charge is 0.247 e. The van der Waals surface area contributed by atoms with Gasteiger partial charge in [-0.25, -0.2) is 0 Å². The standard InChI is InChI=1S/C28H43N5O3S/c1-5-31-15-17-32(18-16-31)13-9-14-33-24(34)20-37-28-25(22-10-6-7-11-23(22)30(28)4)26(33)27(35)29-12-8-19-36-21(2)3/h6-7,10-11,21,26H,5,8-9,12-20H2,1-4H3,(H,29,35). The third-order valence-corrected chi connectivity index (χ3v) is 8.59. The molecule has 2 amide bonds. The summed E-state index contributed by atoms with van der Waals surface area (Å²) < 4.78 is 7.77. The first-order valence-corrected chi connectivity index (χ1v) is 14.7. The second kappa shape index (κ2) is 13.1. The molecule has 3 heterocycles. The molecule has 4 rings (SSSR count). The van der Waals surface area contributed by atoms with Gasteiger partial charge in [-0.2, -0.15) is 0 Å². The molecule has 0 saturated carbocycles. The number of aromatic nitrogens is 1. The van der Waals surface area contributed by atoms with Crippen LogP contribution in [0.4, 0.5) is 0 Å². The lowest BCUT2D eigenvalue weighted by Crippen LogP contribution is -2.48. The number of nitrogens with zero attached hydrogens (tertiary/aromatic N) is 4. The zero-order chi connectivity index (χ0) is 26.4. The van der Waals surface area contributed by atoms with Crippen molar-refractivity contribution in [3.05, 3.63) is 29.8 Å². The Morgan fingerprint density at radius 2 is 1.84 bits per heavy atom. The summed E-state index contributed by atoms with van der Waals surface area (Å²) in [4.78, 5) is 34.0. The van der Waals surface area contributed by atoms with Crippen molar-refractivity contribution in [1.29, 1.82) is 0 Å². The largest absolute Gasteiger partial charge is 0.379 e. The lowest BCUT2D eigenvalue weighted by atomic mass is 10.0. The van der Waals surface area contributed by atoms with Crippen LogP contribution in [0.3, 0.4) is 0 Å². The highest BCUT2D eigenvalue weighted by molar-refractivity contribution is 8.00. The fourth-order valence-electron chi connectivity index (χ4n) is 5.37. The molecule has 8 nitrogen and oxygen atoms in total. The summed E-state index contributed by atoms with van der Waals surface area (Å²) in [6, 6.07) is 7.57. The van der Waals surface area contributed by atoms with E-state index in [9.17, 15) is 9.59 Å². The number of hydrogen-bond donors (Lipinski definition) is 1. The molecule has 2 aromatic rings. The van der Waals surface area contributed by atoms with E-state index in [0.29, 0.717) is 25.4 Å². The SMILES string of the molecule is CCN1CCN(CCCN2C(=O)CSc3c(c4ccccc4n3C)C2C(=O)NCCCOC(C)C)CC1. The van der Waals surface area contributed by atoms with E-state index < -0.39 is 6.04 Å². The van der Waals surface area contributed by atoms with E-state index in [0.717, 1.165) is 73.6 Å². The van der Waals surface area contributed by atoms with Crippen LogP contribution in [0.5, 0.6) is 0 Å². The summed E-state index contributed by atoms with van der Waals surface area (Å²) in [5.74, 6) is 0.275. The normalized spacial score (nSPS) is 19.4. The number of amides is 2. The summed E-state index contributed by atoms with van der Waals surface area (Å²) in [5, 5.41) is 5.18. The summed E-state index contributed by atoms with van der Waals surface area (Å²) in [5.41, 5.74) is 2.05. The zero-order valence-corrected chi connectivity index (χ0v) is 23.7. The Labute approximate surface area is 225 Å². The lowest BCUT2D eigenvalue weighted by molar-refractivity contribution is -0.139. The van der Waals surface area contributed by atoms with Gasteiger partial charge in [0.15, 0.2) is 0 Å². The molecular formula is C28H43N5O3S. The first kappa shape index (κ1) is 28.0. The third kappa shape index (κ3) is 6.69. The van der Waals surface area contributed by atoms with Crippen LogP contribution >= 0.6 is 11.8 Å². The van der Waals surface area contributed by atoms with Crippen molar-refractivity contribution in [3.8, 4) is 0 Å². The maximum Gasteiger partial charge on any atom is 0.247 e. The number of ether oxygens (including phenoxy) is 1. The molecule has 204 valence electrons. The predicted molar refractivity (Wildman–Crippen MR) is 150 cm³/mol. The van der Waals surface area contributed by atoms with Gasteiger partial charge in [-0.1, -0.05) is 36.9 Å². The minimum Gasteiger partial charge on any atom is -0.379 e. The maximum absolute atomic E-state index is 13.8. The highest BCUT2D eigenvalue weighted by atomic mass is 32.2. The minimum atomic E-state index is -0.633. The Kier molecular flexibility index (Phi) is 9.92. The van der Waals surface area contributed by atoms with Crippen molar-refractivity contribution < 1.29 is 14.3 Å². The molecule has 1 unspecified atom stereocenters. The highest BCUT2D eigenvalue weighted by Crippen LogP contribution is 2.41. The number of likely N-dealkylation sites (N-methyl/N-ethyl adjacent to an activating group) is 1. The van der Waals surface area contributed by atoms with Crippen LogP contribution in [0.25, 0.3) is 10.9 Å². The van der Waals surface area contributed by atoms with E-state index in [1.54, 1.807) is 11.8 Å². The van der Waals surface area contributed by atoms with E-state index in [2.05, 4.69) is 38.7 Å². The lowest BCUT2D eigenvalue weighted by Gasteiger charge is -2.35. The third-order valence-electron chi connectivity index (χ3n) is 7.43. The fraction of sp³-hybridized carbons (Fsp3) is 0.643. The maximum atomic E-state index is 13.8. The molecular weight excluding hydrogens is 486 g/mol. The molecule has 1 atom stereocenters. The zero-order valence-electron chi connectivity index (χ0n) is 22.9. The van der Waals surface area contributed by atoms with Gasteiger partial charge in [0.1, 0.15) is 6.04 Å². The Hall–Kier alpha value is -2.07. The van der Waals surface area contributed by atoms with Crippen molar-refractivity contribution in [2.75, 3.05) is 64.7 Å². The monoisotopic (exact) mass is 529 g/mol. The van der Waals surface area contributed by atoms with Crippen molar-refractivity contribution in [1.82, 2.24) is 24.6 Å². The molecule has 1 fully saturated rings. The number of hydrogen-bond acceptors (Lipinski definition) is 6.